The van der Waals surface area contributed by atoms with E-state index < -0.39 is 0 Å². The summed E-state index contributed by atoms with van der Waals surface area (Å²) in [5.41, 5.74) is 1.06. The molecule has 0 aliphatic carbocycles. The van der Waals surface area contributed by atoms with Gasteiger partial charge in [-0.2, -0.15) is 0 Å². The predicted octanol–water partition coefficient (Wildman–Crippen LogP) is 5.75. The van der Waals surface area contributed by atoms with E-state index in [-0.39, 0.29) is 12.0 Å². The number of rotatable bonds is 9. The molecule has 0 aliphatic heterocycles. The van der Waals surface area contributed by atoms with Gasteiger partial charge in [0, 0.05) is 18.0 Å². The van der Waals surface area contributed by atoms with E-state index in [9.17, 15) is 4.79 Å². The van der Waals surface area contributed by atoms with E-state index in [1.54, 1.807) is 0 Å². The number of thiophene rings is 1. The Morgan fingerprint density at radius 1 is 0.964 bits per heavy atom. The molecule has 28 heavy (non-hydrogen) atoms. The first-order valence-corrected chi connectivity index (χ1v) is 10.3. The molecule has 1 heterocycles. The van der Waals surface area contributed by atoms with Crippen molar-refractivity contribution in [2.45, 2.75) is 26.4 Å². The summed E-state index contributed by atoms with van der Waals surface area (Å²) < 4.78 is 11.3. The lowest BCUT2D eigenvalue weighted by atomic mass is 10.2. The molecule has 146 valence electrons. The van der Waals surface area contributed by atoms with Crippen molar-refractivity contribution in [2.75, 3.05) is 13.2 Å². The van der Waals surface area contributed by atoms with Crippen molar-refractivity contribution in [2.24, 2.45) is 0 Å². The number of hydrogen-bond acceptors (Lipinski definition) is 4. The van der Waals surface area contributed by atoms with Gasteiger partial charge in [0.1, 0.15) is 11.5 Å². The second-order valence-corrected chi connectivity index (χ2v) is 7.72. The van der Waals surface area contributed by atoms with Gasteiger partial charge in [0.15, 0.2) is 0 Å². The molecule has 3 aromatic rings. The minimum Gasteiger partial charge on any atom is -0.457 e. The van der Waals surface area contributed by atoms with Crippen LogP contribution in [-0.2, 0) is 4.74 Å². The lowest BCUT2D eigenvalue weighted by Crippen LogP contribution is -2.24. The number of carbonyl (C=O) groups is 1. The highest BCUT2D eigenvalue weighted by atomic mass is 32.1. The van der Waals surface area contributed by atoms with Gasteiger partial charge in [-0.25, -0.2) is 0 Å². The molecule has 2 aromatic carbocycles. The third kappa shape index (κ3) is 5.94. The quantitative estimate of drug-likeness (QED) is 0.469. The number of benzene rings is 2. The van der Waals surface area contributed by atoms with Crippen LogP contribution in [0.3, 0.4) is 0 Å². The molecule has 0 atom stereocenters. The van der Waals surface area contributed by atoms with Gasteiger partial charge in [-0.3, -0.25) is 4.79 Å². The highest BCUT2D eigenvalue weighted by molar-refractivity contribution is 7.17. The Hall–Kier alpha value is -2.63. The monoisotopic (exact) mass is 395 g/mol. The van der Waals surface area contributed by atoms with Crippen LogP contribution in [0, 0.1) is 0 Å². The molecule has 0 aliphatic rings. The molecule has 0 unspecified atom stereocenters. The van der Waals surface area contributed by atoms with Gasteiger partial charge in [0.25, 0.3) is 5.91 Å². The van der Waals surface area contributed by atoms with Gasteiger partial charge in [-0.05, 0) is 74.4 Å². The average Bonchev–Trinajstić information content (AvgIpc) is 3.19. The third-order valence-corrected chi connectivity index (χ3v) is 5.14. The number of amides is 1. The van der Waals surface area contributed by atoms with E-state index in [4.69, 9.17) is 9.47 Å². The minimum absolute atomic E-state index is 0.0372. The van der Waals surface area contributed by atoms with E-state index in [1.165, 1.54) is 11.3 Å². The van der Waals surface area contributed by atoms with Crippen molar-refractivity contribution in [1.29, 1.82) is 0 Å². The summed E-state index contributed by atoms with van der Waals surface area (Å²) >= 11 is 1.49. The van der Waals surface area contributed by atoms with Crippen LogP contribution in [0.25, 0.3) is 10.4 Å². The van der Waals surface area contributed by atoms with E-state index in [1.807, 2.05) is 80.6 Å². The van der Waals surface area contributed by atoms with Gasteiger partial charge >= 0.3 is 0 Å². The van der Waals surface area contributed by atoms with E-state index >= 15 is 0 Å². The van der Waals surface area contributed by atoms with Crippen LogP contribution in [0.15, 0.2) is 66.7 Å². The Kier molecular flexibility index (Phi) is 7.23. The number of hydrogen-bond donors (Lipinski definition) is 1. The first kappa shape index (κ1) is 20.1. The standard InChI is InChI=1S/C23H25NO3S/c1-17(2)26-16-6-15-24-23(25)22-14-13-21(28-22)18-9-11-20(12-10-18)27-19-7-4-3-5-8-19/h3-5,7-14,17H,6,15-16H2,1-2H3,(H,24,25). The Morgan fingerprint density at radius 2 is 1.68 bits per heavy atom. The molecular weight excluding hydrogens is 370 g/mol. The Morgan fingerprint density at radius 3 is 2.39 bits per heavy atom. The van der Waals surface area contributed by atoms with Crippen LogP contribution in [0.4, 0.5) is 0 Å². The fourth-order valence-corrected chi connectivity index (χ4v) is 3.54. The molecule has 4 nitrogen and oxygen atoms in total. The number of ether oxygens (including phenoxy) is 2. The number of carbonyl (C=O) groups excluding carboxylic acids is 1. The van der Waals surface area contributed by atoms with Crippen molar-refractivity contribution in [3.63, 3.8) is 0 Å². The van der Waals surface area contributed by atoms with Gasteiger partial charge in [0.2, 0.25) is 0 Å². The lowest BCUT2D eigenvalue weighted by Gasteiger charge is -2.07. The van der Waals surface area contributed by atoms with Crippen LogP contribution < -0.4 is 10.1 Å². The molecule has 0 spiro atoms. The number of nitrogens with one attached hydrogen (secondary N) is 1. The van der Waals surface area contributed by atoms with Crippen molar-refractivity contribution in [3.05, 3.63) is 71.6 Å². The zero-order valence-electron chi connectivity index (χ0n) is 16.2. The lowest BCUT2D eigenvalue weighted by molar-refractivity contribution is 0.0757. The summed E-state index contributed by atoms with van der Waals surface area (Å²) in [6.07, 6.45) is 1.03. The molecule has 0 fully saturated rings. The van der Waals surface area contributed by atoms with Crippen molar-refractivity contribution < 1.29 is 14.3 Å². The van der Waals surface area contributed by atoms with Crippen LogP contribution in [0.2, 0.25) is 0 Å². The van der Waals surface area contributed by atoms with Crippen LogP contribution >= 0.6 is 11.3 Å². The summed E-state index contributed by atoms with van der Waals surface area (Å²) in [6, 6.07) is 21.4. The molecule has 0 saturated heterocycles. The van der Waals surface area contributed by atoms with Gasteiger partial charge < -0.3 is 14.8 Å². The SMILES string of the molecule is CC(C)OCCCNC(=O)c1ccc(-c2ccc(Oc3ccccc3)cc2)s1. The molecule has 0 bridgehead atoms. The predicted molar refractivity (Wildman–Crippen MR) is 114 cm³/mol. The summed E-state index contributed by atoms with van der Waals surface area (Å²) in [4.78, 5) is 14.0. The highest BCUT2D eigenvalue weighted by Gasteiger charge is 2.10. The van der Waals surface area contributed by atoms with Gasteiger partial charge in [0.05, 0.1) is 11.0 Å². The first-order chi connectivity index (χ1) is 13.6. The molecule has 0 radical (unpaired) electrons. The third-order valence-electron chi connectivity index (χ3n) is 4.01. The molecule has 1 aromatic heterocycles. The number of para-hydroxylation sites is 1. The molecule has 1 amide bonds. The van der Waals surface area contributed by atoms with Gasteiger partial charge in [-0.15, -0.1) is 11.3 Å². The molecule has 0 saturated carbocycles. The Labute approximate surface area is 170 Å². The summed E-state index contributed by atoms with van der Waals surface area (Å²) in [5, 5.41) is 2.95. The van der Waals surface area contributed by atoms with E-state index in [0.29, 0.717) is 18.0 Å². The van der Waals surface area contributed by atoms with Crippen molar-refractivity contribution in [1.82, 2.24) is 5.32 Å². The molecule has 1 N–H and O–H groups in total. The van der Waals surface area contributed by atoms with Crippen LogP contribution in [0.5, 0.6) is 11.5 Å². The van der Waals surface area contributed by atoms with E-state index in [2.05, 4.69) is 5.32 Å². The van der Waals surface area contributed by atoms with Crippen LogP contribution in [-0.4, -0.2) is 25.2 Å². The van der Waals surface area contributed by atoms with Crippen molar-refractivity contribution >= 4 is 17.2 Å². The molecule has 3 rings (SSSR count). The molecule has 5 heteroatoms. The zero-order valence-corrected chi connectivity index (χ0v) is 17.0. The molecular formula is C23H25NO3S. The fraction of sp³-hybridized carbons (Fsp3) is 0.261. The van der Waals surface area contributed by atoms with Crippen molar-refractivity contribution in [3.8, 4) is 21.9 Å². The van der Waals surface area contributed by atoms with E-state index in [0.717, 1.165) is 28.4 Å². The minimum atomic E-state index is -0.0372. The highest BCUT2D eigenvalue weighted by Crippen LogP contribution is 2.30. The van der Waals surface area contributed by atoms with Crippen LogP contribution in [0.1, 0.15) is 29.9 Å². The zero-order chi connectivity index (χ0) is 19.8. The second kappa shape index (κ2) is 10.1. The Balaban J connectivity index is 1.53. The maximum absolute atomic E-state index is 12.3. The summed E-state index contributed by atoms with van der Waals surface area (Å²) in [5.74, 6) is 1.56. The largest absolute Gasteiger partial charge is 0.457 e. The normalized spacial score (nSPS) is 10.8. The maximum Gasteiger partial charge on any atom is 0.261 e. The summed E-state index contributed by atoms with van der Waals surface area (Å²) in [7, 11) is 0. The van der Waals surface area contributed by atoms with Gasteiger partial charge in [-0.1, -0.05) is 18.2 Å². The first-order valence-electron chi connectivity index (χ1n) is 9.45. The maximum atomic E-state index is 12.3. The Bertz CT molecular complexity index is 872. The summed E-state index contributed by atoms with van der Waals surface area (Å²) in [6.45, 7) is 5.29. The average molecular weight is 396 g/mol. The topological polar surface area (TPSA) is 47.6 Å². The second-order valence-electron chi connectivity index (χ2n) is 6.63. The fourth-order valence-electron chi connectivity index (χ4n) is 2.61. The smallest absolute Gasteiger partial charge is 0.261 e.